The second-order valence-electron chi connectivity index (χ2n) is 6.18. The van der Waals surface area contributed by atoms with Crippen molar-refractivity contribution in [1.82, 2.24) is 5.32 Å². The maximum absolute atomic E-state index is 12.4. The van der Waals surface area contributed by atoms with Gasteiger partial charge in [-0.15, -0.1) is 11.3 Å². The van der Waals surface area contributed by atoms with Crippen LogP contribution in [0.4, 0.5) is 0 Å². The summed E-state index contributed by atoms with van der Waals surface area (Å²) in [5.41, 5.74) is -0.491. The largest absolute Gasteiger partial charge is 0.459 e. The molecular formula is C15H22BrNO3S. The topological polar surface area (TPSA) is 47.6 Å². The van der Waals surface area contributed by atoms with Crippen molar-refractivity contribution in [2.75, 3.05) is 13.2 Å². The van der Waals surface area contributed by atoms with Crippen molar-refractivity contribution < 1.29 is 14.3 Å². The lowest BCUT2D eigenvalue weighted by atomic mass is 10.1. The van der Waals surface area contributed by atoms with Crippen LogP contribution in [0.25, 0.3) is 0 Å². The lowest BCUT2D eigenvalue weighted by Crippen LogP contribution is -2.37. The van der Waals surface area contributed by atoms with Crippen molar-refractivity contribution in [3.05, 3.63) is 20.8 Å². The van der Waals surface area contributed by atoms with E-state index in [0.717, 1.165) is 28.8 Å². The average Bonchev–Trinajstić information content (AvgIpc) is 2.99. The smallest absolute Gasteiger partial charge is 0.329 e. The molecule has 1 aliphatic heterocycles. The zero-order valence-corrected chi connectivity index (χ0v) is 15.1. The molecule has 118 valence electrons. The van der Waals surface area contributed by atoms with Crippen LogP contribution in [0.2, 0.25) is 0 Å². The Labute approximate surface area is 138 Å². The molecule has 0 spiro atoms. The van der Waals surface area contributed by atoms with E-state index in [4.69, 9.17) is 9.47 Å². The Bertz CT molecular complexity index is 478. The number of esters is 1. The maximum atomic E-state index is 12.4. The van der Waals surface area contributed by atoms with Gasteiger partial charge in [0.25, 0.3) is 0 Å². The molecule has 2 rings (SSSR count). The van der Waals surface area contributed by atoms with Gasteiger partial charge in [0, 0.05) is 27.9 Å². The second kappa shape index (κ2) is 7.22. The normalized spacial score (nSPS) is 20.5. The molecule has 2 atom stereocenters. The number of rotatable bonds is 5. The summed E-state index contributed by atoms with van der Waals surface area (Å²) in [6.45, 7) is 7.12. The fourth-order valence-corrected chi connectivity index (χ4v) is 3.70. The summed E-state index contributed by atoms with van der Waals surface area (Å²) in [5.74, 6) is -0.241. The summed E-state index contributed by atoms with van der Waals surface area (Å²) in [6.07, 6.45) is 2.33. The average molecular weight is 376 g/mol. The molecule has 6 heteroatoms. The van der Waals surface area contributed by atoms with Gasteiger partial charge in [-0.05, 0) is 55.6 Å². The highest BCUT2D eigenvalue weighted by atomic mass is 79.9. The van der Waals surface area contributed by atoms with E-state index in [1.54, 1.807) is 11.3 Å². The minimum atomic E-state index is -0.491. The van der Waals surface area contributed by atoms with E-state index in [2.05, 4.69) is 21.2 Å². The van der Waals surface area contributed by atoms with Crippen molar-refractivity contribution >= 4 is 33.2 Å². The number of ether oxygens (including phenoxy) is 2. The summed E-state index contributed by atoms with van der Waals surface area (Å²) in [7, 11) is 0. The number of hydrogen-bond acceptors (Lipinski definition) is 5. The van der Waals surface area contributed by atoms with E-state index in [1.165, 1.54) is 0 Å². The molecule has 0 radical (unpaired) electrons. The lowest BCUT2D eigenvalue weighted by molar-refractivity contribution is -0.157. The predicted octanol–water partition coefficient (Wildman–Crippen LogP) is 3.66. The van der Waals surface area contributed by atoms with Crippen LogP contribution in [0.1, 0.15) is 44.5 Å². The number of halogens is 1. The number of nitrogens with one attached hydrogen (secondary N) is 1. The van der Waals surface area contributed by atoms with Gasteiger partial charge in [-0.3, -0.25) is 5.32 Å². The van der Waals surface area contributed by atoms with Crippen LogP contribution in [0.15, 0.2) is 15.9 Å². The van der Waals surface area contributed by atoms with Gasteiger partial charge >= 0.3 is 5.97 Å². The monoisotopic (exact) mass is 375 g/mol. The quantitative estimate of drug-likeness (QED) is 0.797. The van der Waals surface area contributed by atoms with Crippen molar-refractivity contribution in [1.29, 1.82) is 0 Å². The highest BCUT2D eigenvalue weighted by molar-refractivity contribution is 9.10. The SMILES string of the molecule is CC(C)(C)OC(=O)C(NCC1CCCO1)c1cc(Br)cs1. The molecule has 0 aromatic carbocycles. The van der Waals surface area contributed by atoms with Gasteiger partial charge in [-0.1, -0.05) is 0 Å². The van der Waals surface area contributed by atoms with Crippen LogP contribution in [0.5, 0.6) is 0 Å². The molecule has 2 heterocycles. The third-order valence-corrected chi connectivity index (χ3v) is 4.85. The number of thiophene rings is 1. The first-order valence-corrected chi connectivity index (χ1v) is 8.84. The Hall–Kier alpha value is -0.430. The van der Waals surface area contributed by atoms with E-state index in [0.29, 0.717) is 6.54 Å². The molecule has 0 saturated carbocycles. The maximum Gasteiger partial charge on any atom is 0.329 e. The predicted molar refractivity (Wildman–Crippen MR) is 87.6 cm³/mol. The third-order valence-electron chi connectivity index (χ3n) is 3.09. The Morgan fingerprint density at radius 1 is 1.62 bits per heavy atom. The molecule has 1 aliphatic rings. The molecule has 1 aromatic heterocycles. The van der Waals surface area contributed by atoms with Gasteiger partial charge in [0.2, 0.25) is 0 Å². The van der Waals surface area contributed by atoms with Crippen molar-refractivity contribution in [2.24, 2.45) is 0 Å². The third kappa shape index (κ3) is 5.36. The van der Waals surface area contributed by atoms with Crippen LogP contribution < -0.4 is 5.32 Å². The molecule has 1 N–H and O–H groups in total. The number of carbonyl (C=O) groups is 1. The fraction of sp³-hybridized carbons (Fsp3) is 0.667. The van der Waals surface area contributed by atoms with E-state index in [9.17, 15) is 4.79 Å². The fourth-order valence-electron chi connectivity index (χ4n) is 2.20. The number of carbonyl (C=O) groups excluding carboxylic acids is 1. The van der Waals surface area contributed by atoms with Gasteiger partial charge in [-0.25, -0.2) is 4.79 Å². The molecule has 1 fully saturated rings. The lowest BCUT2D eigenvalue weighted by Gasteiger charge is -2.25. The first-order valence-electron chi connectivity index (χ1n) is 7.17. The molecule has 2 unspecified atom stereocenters. The summed E-state index contributed by atoms with van der Waals surface area (Å²) in [4.78, 5) is 13.4. The Morgan fingerprint density at radius 2 is 2.38 bits per heavy atom. The summed E-state index contributed by atoms with van der Waals surface area (Å²) in [5, 5.41) is 5.28. The van der Waals surface area contributed by atoms with E-state index >= 15 is 0 Å². The zero-order chi connectivity index (χ0) is 15.5. The Morgan fingerprint density at radius 3 is 2.90 bits per heavy atom. The van der Waals surface area contributed by atoms with Crippen molar-refractivity contribution in [3.63, 3.8) is 0 Å². The Kier molecular flexibility index (Phi) is 5.82. The van der Waals surface area contributed by atoms with Crippen LogP contribution in [0.3, 0.4) is 0 Å². The minimum Gasteiger partial charge on any atom is -0.459 e. The number of hydrogen-bond donors (Lipinski definition) is 1. The molecular weight excluding hydrogens is 354 g/mol. The molecule has 21 heavy (non-hydrogen) atoms. The summed E-state index contributed by atoms with van der Waals surface area (Å²) >= 11 is 4.98. The highest BCUT2D eigenvalue weighted by Gasteiger charge is 2.29. The van der Waals surface area contributed by atoms with Gasteiger partial charge in [0.15, 0.2) is 0 Å². The summed E-state index contributed by atoms with van der Waals surface area (Å²) < 4.78 is 12.1. The first kappa shape index (κ1) is 16.9. The molecule has 1 aromatic rings. The van der Waals surface area contributed by atoms with Gasteiger partial charge in [-0.2, -0.15) is 0 Å². The molecule has 0 aliphatic carbocycles. The summed E-state index contributed by atoms with van der Waals surface area (Å²) in [6, 6.07) is 1.52. The van der Waals surface area contributed by atoms with Crippen LogP contribution >= 0.6 is 27.3 Å². The van der Waals surface area contributed by atoms with Crippen LogP contribution in [0, 0.1) is 0 Å². The van der Waals surface area contributed by atoms with Gasteiger partial charge in [0.05, 0.1) is 6.10 Å². The van der Waals surface area contributed by atoms with Crippen LogP contribution in [-0.4, -0.2) is 30.8 Å². The van der Waals surface area contributed by atoms with E-state index in [-0.39, 0.29) is 12.1 Å². The molecule has 0 bridgehead atoms. The minimum absolute atomic E-state index is 0.193. The van der Waals surface area contributed by atoms with E-state index < -0.39 is 11.6 Å². The van der Waals surface area contributed by atoms with Crippen LogP contribution in [-0.2, 0) is 14.3 Å². The highest BCUT2D eigenvalue weighted by Crippen LogP contribution is 2.28. The zero-order valence-electron chi connectivity index (χ0n) is 12.6. The van der Waals surface area contributed by atoms with Gasteiger partial charge < -0.3 is 9.47 Å². The first-order chi connectivity index (χ1) is 9.85. The second-order valence-corrected chi connectivity index (χ2v) is 8.04. The molecule has 0 amide bonds. The Balaban J connectivity index is 2.04. The van der Waals surface area contributed by atoms with E-state index in [1.807, 2.05) is 32.2 Å². The van der Waals surface area contributed by atoms with Crippen molar-refractivity contribution in [3.8, 4) is 0 Å². The van der Waals surface area contributed by atoms with Crippen molar-refractivity contribution in [2.45, 2.75) is 51.4 Å². The van der Waals surface area contributed by atoms with Gasteiger partial charge in [0.1, 0.15) is 11.6 Å². The molecule has 4 nitrogen and oxygen atoms in total. The standard InChI is InChI=1S/C15H22BrNO3S/c1-15(2,3)20-14(18)13(12-7-10(16)9-21-12)17-8-11-5-4-6-19-11/h7,9,11,13,17H,4-6,8H2,1-3H3. The molecule has 1 saturated heterocycles.